The number of carbonyl (C=O) groups is 3. The molecular weight excluding hydrogens is 348 g/mol. The number of urea groups is 1. The van der Waals surface area contributed by atoms with Gasteiger partial charge < -0.3 is 15.2 Å². The summed E-state index contributed by atoms with van der Waals surface area (Å²) in [7, 11) is 0. The second-order valence-electron chi connectivity index (χ2n) is 7.51. The van der Waals surface area contributed by atoms with E-state index in [1.807, 2.05) is 6.92 Å². The monoisotopic (exact) mass is 374 g/mol. The van der Waals surface area contributed by atoms with E-state index in [1.54, 1.807) is 24.3 Å². The molecule has 1 aliphatic heterocycles. The Bertz CT molecular complexity index is 732. The van der Waals surface area contributed by atoms with E-state index < -0.39 is 17.7 Å². The van der Waals surface area contributed by atoms with Crippen LogP contribution in [0.3, 0.4) is 0 Å². The van der Waals surface area contributed by atoms with Crippen molar-refractivity contribution in [1.29, 1.82) is 0 Å². The van der Waals surface area contributed by atoms with Crippen LogP contribution in [0.5, 0.6) is 5.75 Å². The van der Waals surface area contributed by atoms with Crippen molar-refractivity contribution in [2.45, 2.75) is 51.2 Å². The van der Waals surface area contributed by atoms with E-state index in [2.05, 4.69) is 5.32 Å². The second-order valence-corrected chi connectivity index (χ2v) is 7.51. The first kappa shape index (κ1) is 19.4. The third kappa shape index (κ3) is 3.83. The van der Waals surface area contributed by atoms with Gasteiger partial charge in [0.1, 0.15) is 24.0 Å². The minimum atomic E-state index is -0.999. The lowest BCUT2D eigenvalue weighted by atomic mass is 9.73. The van der Waals surface area contributed by atoms with E-state index in [0.29, 0.717) is 17.7 Å². The zero-order chi connectivity index (χ0) is 19.6. The van der Waals surface area contributed by atoms with Crippen molar-refractivity contribution in [3.8, 4) is 5.75 Å². The number of amides is 3. The molecule has 0 aromatic heterocycles. The highest BCUT2D eigenvalue weighted by molar-refractivity contribution is 6.07. The van der Waals surface area contributed by atoms with Crippen LogP contribution in [0.15, 0.2) is 24.3 Å². The molecule has 1 saturated heterocycles. The lowest BCUT2D eigenvalue weighted by Gasteiger charge is -2.36. The second kappa shape index (κ2) is 7.68. The average Bonchev–Trinajstić information content (AvgIpc) is 2.88. The molecule has 27 heavy (non-hydrogen) atoms. The van der Waals surface area contributed by atoms with Gasteiger partial charge in [0, 0.05) is 5.56 Å². The fourth-order valence-corrected chi connectivity index (χ4v) is 3.90. The lowest BCUT2D eigenvalue weighted by Crippen LogP contribution is -2.54. The highest BCUT2D eigenvalue weighted by atomic mass is 16.5. The minimum Gasteiger partial charge on any atom is -0.491 e. The Labute approximate surface area is 158 Å². The van der Waals surface area contributed by atoms with Crippen LogP contribution < -0.4 is 10.1 Å². The molecule has 1 spiro atoms. The van der Waals surface area contributed by atoms with Gasteiger partial charge in [0.2, 0.25) is 0 Å². The predicted octanol–water partition coefficient (Wildman–Crippen LogP) is 2.13. The molecule has 2 fully saturated rings. The lowest BCUT2D eigenvalue weighted by molar-refractivity contribution is -0.135. The average molecular weight is 374 g/mol. The van der Waals surface area contributed by atoms with Crippen LogP contribution in [-0.4, -0.2) is 52.5 Å². The smallest absolute Gasteiger partial charge is 0.325 e. The number of imide groups is 1. The standard InChI is InChI=1S/C20H26N2O5/c1-13-5-3-4-10-20(13)18(25)22(19(26)21-20)11-16(24)12-27-17-8-6-15(7-9-17)14(2)23/h6-9,13,16,24H,3-5,10-12H2,1-2H3,(H,21,26). The molecule has 2 aliphatic rings. The summed E-state index contributed by atoms with van der Waals surface area (Å²) in [6.45, 7) is 3.31. The molecule has 1 saturated carbocycles. The normalized spacial score (nSPS) is 26.2. The number of ketones is 1. The van der Waals surface area contributed by atoms with Crippen molar-refractivity contribution >= 4 is 17.7 Å². The maximum atomic E-state index is 12.9. The quantitative estimate of drug-likeness (QED) is 0.587. The molecule has 0 bridgehead atoms. The number of benzene rings is 1. The van der Waals surface area contributed by atoms with Crippen LogP contribution in [0.4, 0.5) is 4.79 Å². The summed E-state index contributed by atoms with van der Waals surface area (Å²) in [6.07, 6.45) is 2.52. The van der Waals surface area contributed by atoms with Crippen LogP contribution >= 0.6 is 0 Å². The number of ether oxygens (including phenoxy) is 1. The van der Waals surface area contributed by atoms with Gasteiger partial charge in [-0.25, -0.2) is 4.79 Å². The molecule has 3 amide bonds. The van der Waals surface area contributed by atoms with E-state index >= 15 is 0 Å². The molecule has 1 heterocycles. The van der Waals surface area contributed by atoms with Crippen molar-refractivity contribution in [2.24, 2.45) is 5.92 Å². The summed E-state index contributed by atoms with van der Waals surface area (Å²) in [5.74, 6) is 0.310. The Morgan fingerprint density at radius 2 is 2.04 bits per heavy atom. The number of hydrogen-bond donors (Lipinski definition) is 2. The summed E-state index contributed by atoms with van der Waals surface area (Å²) < 4.78 is 5.51. The number of β-amino-alcohol motifs (C(OH)–C–C–N with tert-alkyl or cyclic N) is 1. The first-order valence-corrected chi connectivity index (χ1v) is 9.39. The van der Waals surface area contributed by atoms with Gasteiger partial charge in [-0.05, 0) is 49.9 Å². The first-order valence-electron chi connectivity index (χ1n) is 9.39. The van der Waals surface area contributed by atoms with Crippen LogP contribution in [0.25, 0.3) is 0 Å². The molecule has 1 aromatic rings. The molecule has 2 N–H and O–H groups in total. The fourth-order valence-electron chi connectivity index (χ4n) is 3.90. The van der Waals surface area contributed by atoms with Gasteiger partial charge in [0.05, 0.1) is 6.54 Å². The Morgan fingerprint density at radius 3 is 2.67 bits per heavy atom. The molecule has 3 unspecified atom stereocenters. The van der Waals surface area contributed by atoms with Crippen molar-refractivity contribution in [3.05, 3.63) is 29.8 Å². The predicted molar refractivity (Wildman–Crippen MR) is 98.6 cm³/mol. The number of carbonyl (C=O) groups excluding carboxylic acids is 3. The van der Waals surface area contributed by atoms with E-state index in [0.717, 1.165) is 24.2 Å². The Morgan fingerprint density at radius 1 is 1.33 bits per heavy atom. The van der Waals surface area contributed by atoms with Gasteiger partial charge >= 0.3 is 6.03 Å². The van der Waals surface area contributed by atoms with Gasteiger partial charge in [0.25, 0.3) is 5.91 Å². The van der Waals surface area contributed by atoms with Crippen LogP contribution in [0.1, 0.15) is 49.9 Å². The van der Waals surface area contributed by atoms with E-state index in [9.17, 15) is 19.5 Å². The highest BCUT2D eigenvalue weighted by Crippen LogP contribution is 2.38. The molecular formula is C20H26N2O5. The minimum absolute atomic E-state index is 0.0361. The maximum absolute atomic E-state index is 12.9. The van der Waals surface area contributed by atoms with Crippen molar-refractivity contribution in [2.75, 3.05) is 13.2 Å². The Kier molecular flexibility index (Phi) is 5.51. The molecule has 3 atom stereocenters. The first-order chi connectivity index (χ1) is 12.8. The van der Waals surface area contributed by atoms with Crippen LogP contribution in [0, 0.1) is 5.92 Å². The fraction of sp³-hybridized carbons (Fsp3) is 0.550. The Balaban J connectivity index is 1.57. The summed E-state index contributed by atoms with van der Waals surface area (Å²) in [4.78, 5) is 37.6. The topological polar surface area (TPSA) is 95.9 Å². The van der Waals surface area contributed by atoms with E-state index in [-0.39, 0.29) is 30.8 Å². The van der Waals surface area contributed by atoms with Gasteiger partial charge in [-0.2, -0.15) is 0 Å². The number of Topliss-reactive ketones (excluding diaryl/α,β-unsaturated/α-hetero) is 1. The van der Waals surface area contributed by atoms with E-state index in [4.69, 9.17) is 4.74 Å². The zero-order valence-electron chi connectivity index (χ0n) is 15.7. The number of rotatable bonds is 6. The molecule has 7 heteroatoms. The maximum Gasteiger partial charge on any atom is 0.325 e. The molecule has 146 valence electrons. The van der Waals surface area contributed by atoms with Gasteiger partial charge in [0.15, 0.2) is 5.78 Å². The summed E-state index contributed by atoms with van der Waals surface area (Å²) in [6, 6.07) is 6.15. The molecule has 1 aliphatic carbocycles. The van der Waals surface area contributed by atoms with Crippen LogP contribution in [-0.2, 0) is 4.79 Å². The molecule has 3 rings (SSSR count). The summed E-state index contributed by atoms with van der Waals surface area (Å²) >= 11 is 0. The molecule has 7 nitrogen and oxygen atoms in total. The molecule has 0 radical (unpaired) electrons. The van der Waals surface area contributed by atoms with Crippen molar-refractivity contribution in [3.63, 3.8) is 0 Å². The van der Waals surface area contributed by atoms with Gasteiger partial charge in [-0.1, -0.05) is 19.8 Å². The number of aliphatic hydroxyl groups excluding tert-OH is 1. The van der Waals surface area contributed by atoms with Gasteiger partial charge in [-0.15, -0.1) is 0 Å². The third-order valence-corrected chi connectivity index (χ3v) is 5.60. The van der Waals surface area contributed by atoms with E-state index in [1.165, 1.54) is 6.92 Å². The number of hydrogen-bond acceptors (Lipinski definition) is 5. The molecule has 1 aromatic carbocycles. The van der Waals surface area contributed by atoms with Crippen LogP contribution in [0.2, 0.25) is 0 Å². The zero-order valence-corrected chi connectivity index (χ0v) is 15.7. The summed E-state index contributed by atoms with van der Waals surface area (Å²) in [5.41, 5.74) is -0.243. The SMILES string of the molecule is CC(=O)c1ccc(OCC(O)CN2C(=O)NC3(CCCCC3C)C2=O)cc1. The van der Waals surface area contributed by atoms with Crippen molar-refractivity contribution in [1.82, 2.24) is 10.2 Å². The third-order valence-electron chi connectivity index (χ3n) is 5.60. The Hall–Kier alpha value is -2.41. The largest absolute Gasteiger partial charge is 0.491 e. The number of nitrogens with zero attached hydrogens (tertiary/aromatic N) is 1. The number of aliphatic hydroxyl groups is 1. The van der Waals surface area contributed by atoms with Gasteiger partial charge in [-0.3, -0.25) is 14.5 Å². The highest BCUT2D eigenvalue weighted by Gasteiger charge is 2.54. The number of nitrogens with one attached hydrogen (secondary N) is 1. The van der Waals surface area contributed by atoms with Crippen molar-refractivity contribution < 1.29 is 24.2 Å². The summed E-state index contributed by atoms with van der Waals surface area (Å²) in [5, 5.41) is 13.1.